The second-order valence-corrected chi connectivity index (χ2v) is 2.99. The molecule has 2 nitrogen and oxygen atoms in total. The average molecular weight is 143 g/mol. The number of ketones is 1. The zero-order chi connectivity index (χ0) is 7.98. The highest BCUT2D eigenvalue weighted by Gasteiger charge is 2.07. The van der Waals surface area contributed by atoms with Crippen LogP contribution in [0.5, 0.6) is 0 Å². The molecule has 0 atom stereocenters. The van der Waals surface area contributed by atoms with Gasteiger partial charge in [-0.05, 0) is 18.9 Å². The minimum atomic E-state index is 0.333. The monoisotopic (exact) mass is 143 g/mol. The summed E-state index contributed by atoms with van der Waals surface area (Å²) < 4.78 is 0. The Bertz CT molecular complexity index is 88.7. The maximum atomic E-state index is 10.2. The second-order valence-electron chi connectivity index (χ2n) is 2.99. The number of carbonyl (C=O) groups is 1. The summed E-state index contributed by atoms with van der Waals surface area (Å²) in [7, 11) is 0. The molecule has 0 radical (unpaired) electrons. The van der Waals surface area contributed by atoms with Gasteiger partial charge in [-0.3, -0.25) is 4.79 Å². The van der Waals surface area contributed by atoms with Crippen molar-refractivity contribution >= 4 is 5.78 Å². The molecule has 2 N–H and O–H groups in total. The highest BCUT2D eigenvalue weighted by Crippen LogP contribution is 2.11. The number of rotatable bonds is 0. The Kier molecular flexibility index (Phi) is 5.22. The fourth-order valence-corrected chi connectivity index (χ4v) is 0.769. The summed E-state index contributed by atoms with van der Waals surface area (Å²) in [5.41, 5.74) is 5.11. The fraction of sp³-hybridized carbons (Fsp3) is 0.875. The summed E-state index contributed by atoms with van der Waals surface area (Å²) in [5.74, 6) is 0.454. The van der Waals surface area contributed by atoms with Crippen LogP contribution >= 0.6 is 0 Å². The normalized spacial score (nSPS) is 17.0. The van der Waals surface area contributed by atoms with Gasteiger partial charge in [0.2, 0.25) is 0 Å². The van der Waals surface area contributed by atoms with Crippen molar-refractivity contribution in [3.8, 4) is 0 Å². The van der Waals surface area contributed by atoms with Crippen molar-refractivity contribution in [3.63, 3.8) is 0 Å². The number of Topliss-reactive ketones (excluding diaryl/α,β-unsaturated/α-hetero) is 1. The average Bonchev–Trinajstić information content (AvgIpc) is 2.15. The van der Waals surface area contributed by atoms with Crippen LogP contribution in [0.1, 0.15) is 39.5 Å². The minimum absolute atomic E-state index is 0.333. The lowest BCUT2D eigenvalue weighted by atomic mass is 10.4. The van der Waals surface area contributed by atoms with Gasteiger partial charge < -0.3 is 5.73 Å². The first kappa shape index (κ1) is 9.63. The van der Waals surface area contributed by atoms with E-state index in [0.29, 0.717) is 11.8 Å². The lowest BCUT2D eigenvalue weighted by Crippen LogP contribution is -2.06. The van der Waals surface area contributed by atoms with E-state index < -0.39 is 0 Å². The molecule has 0 saturated heterocycles. The minimum Gasteiger partial charge on any atom is -0.328 e. The van der Waals surface area contributed by atoms with Crippen LogP contribution in [0.4, 0.5) is 0 Å². The molecule has 2 heteroatoms. The van der Waals surface area contributed by atoms with E-state index in [1.807, 2.05) is 13.8 Å². The Morgan fingerprint density at radius 1 is 1.30 bits per heavy atom. The predicted molar refractivity (Wildman–Crippen MR) is 42.8 cm³/mol. The summed E-state index contributed by atoms with van der Waals surface area (Å²) >= 11 is 0. The quantitative estimate of drug-likeness (QED) is 0.558. The number of hydrogen-bond acceptors (Lipinski definition) is 2. The molecule has 0 aromatic heterocycles. The number of hydrogen-bond donors (Lipinski definition) is 1. The van der Waals surface area contributed by atoms with Crippen LogP contribution in [0.15, 0.2) is 0 Å². The summed E-state index contributed by atoms with van der Waals surface area (Å²) in [6, 6.07) is 0.333. The van der Waals surface area contributed by atoms with Gasteiger partial charge in [0.15, 0.2) is 0 Å². The van der Waals surface area contributed by atoms with Crippen LogP contribution in [0.3, 0.4) is 0 Å². The summed E-state index contributed by atoms with van der Waals surface area (Å²) in [4.78, 5) is 10.2. The number of carbonyl (C=O) groups excluding carboxylic acids is 1. The smallest absolute Gasteiger partial charge is 0.132 e. The summed E-state index contributed by atoms with van der Waals surface area (Å²) in [6.45, 7) is 3.89. The first-order valence-corrected chi connectivity index (χ1v) is 3.90. The van der Waals surface area contributed by atoms with Gasteiger partial charge in [0.1, 0.15) is 5.78 Å². The SMILES string of the molecule is CC(C)N.O=C1CCCC1. The molecule has 1 saturated carbocycles. The molecule has 10 heavy (non-hydrogen) atoms. The molecule has 60 valence electrons. The van der Waals surface area contributed by atoms with E-state index in [2.05, 4.69) is 0 Å². The molecule has 1 aliphatic rings. The standard InChI is InChI=1S/C5H8O.C3H9N/c6-5-3-1-2-4-5;1-3(2)4/h1-4H2;3H,4H2,1-2H3. The molecule has 1 aliphatic carbocycles. The van der Waals surface area contributed by atoms with E-state index >= 15 is 0 Å². The molecule has 1 fully saturated rings. The summed E-state index contributed by atoms with van der Waals surface area (Å²) in [5, 5.41) is 0. The van der Waals surface area contributed by atoms with E-state index in [1.54, 1.807) is 0 Å². The molecule has 0 heterocycles. The first-order chi connectivity index (χ1) is 4.63. The summed E-state index contributed by atoms with van der Waals surface area (Å²) in [6.07, 6.45) is 3.97. The van der Waals surface area contributed by atoms with Gasteiger partial charge >= 0.3 is 0 Å². The van der Waals surface area contributed by atoms with Crippen LogP contribution in [0.25, 0.3) is 0 Å². The van der Waals surface area contributed by atoms with E-state index in [0.717, 1.165) is 25.7 Å². The topological polar surface area (TPSA) is 43.1 Å². The lowest BCUT2D eigenvalue weighted by molar-refractivity contribution is -0.117. The van der Waals surface area contributed by atoms with Crippen molar-refractivity contribution in [2.45, 2.75) is 45.6 Å². The van der Waals surface area contributed by atoms with Gasteiger partial charge in [0.05, 0.1) is 0 Å². The Balaban J connectivity index is 0.000000180. The molecule has 0 bridgehead atoms. The molecule has 0 aliphatic heterocycles. The van der Waals surface area contributed by atoms with Gasteiger partial charge in [0.25, 0.3) is 0 Å². The third-order valence-corrected chi connectivity index (χ3v) is 1.16. The van der Waals surface area contributed by atoms with Crippen LogP contribution in [-0.4, -0.2) is 11.8 Å². The molecule has 1 rings (SSSR count). The van der Waals surface area contributed by atoms with E-state index in [-0.39, 0.29) is 0 Å². The Hall–Kier alpha value is -0.370. The van der Waals surface area contributed by atoms with Gasteiger partial charge in [-0.1, -0.05) is 13.8 Å². The van der Waals surface area contributed by atoms with Crippen molar-refractivity contribution in [1.82, 2.24) is 0 Å². The zero-order valence-corrected chi connectivity index (χ0v) is 6.89. The van der Waals surface area contributed by atoms with Crippen LogP contribution in [0.2, 0.25) is 0 Å². The molecule has 0 amide bonds. The molecule has 0 spiro atoms. The maximum Gasteiger partial charge on any atom is 0.132 e. The van der Waals surface area contributed by atoms with Crippen molar-refractivity contribution in [1.29, 1.82) is 0 Å². The largest absolute Gasteiger partial charge is 0.328 e. The molecular formula is C8H17NO. The molecule has 0 aromatic carbocycles. The van der Waals surface area contributed by atoms with Crippen LogP contribution in [-0.2, 0) is 4.79 Å². The van der Waals surface area contributed by atoms with Crippen molar-refractivity contribution < 1.29 is 4.79 Å². The second kappa shape index (κ2) is 5.42. The maximum absolute atomic E-state index is 10.2. The molecule has 0 unspecified atom stereocenters. The van der Waals surface area contributed by atoms with E-state index in [1.165, 1.54) is 0 Å². The van der Waals surface area contributed by atoms with Gasteiger partial charge in [-0.2, -0.15) is 0 Å². The zero-order valence-electron chi connectivity index (χ0n) is 6.89. The Labute approximate surface area is 62.8 Å². The van der Waals surface area contributed by atoms with Gasteiger partial charge in [-0.25, -0.2) is 0 Å². The number of nitrogens with two attached hydrogens (primary N) is 1. The first-order valence-electron chi connectivity index (χ1n) is 3.90. The van der Waals surface area contributed by atoms with Crippen molar-refractivity contribution in [2.75, 3.05) is 0 Å². The van der Waals surface area contributed by atoms with Gasteiger partial charge in [-0.15, -0.1) is 0 Å². The third kappa shape index (κ3) is 7.63. The third-order valence-electron chi connectivity index (χ3n) is 1.16. The fourth-order valence-electron chi connectivity index (χ4n) is 0.769. The molecular weight excluding hydrogens is 126 g/mol. The Morgan fingerprint density at radius 3 is 1.70 bits per heavy atom. The van der Waals surface area contributed by atoms with E-state index in [4.69, 9.17) is 5.73 Å². The Morgan fingerprint density at radius 2 is 1.60 bits per heavy atom. The van der Waals surface area contributed by atoms with Crippen molar-refractivity contribution in [3.05, 3.63) is 0 Å². The van der Waals surface area contributed by atoms with E-state index in [9.17, 15) is 4.79 Å². The molecule has 0 aromatic rings. The van der Waals surface area contributed by atoms with Crippen LogP contribution < -0.4 is 5.73 Å². The lowest BCUT2D eigenvalue weighted by Gasteiger charge is -1.81. The highest BCUT2D eigenvalue weighted by molar-refractivity contribution is 5.79. The predicted octanol–water partition coefficient (Wildman–Crippen LogP) is 1.48. The van der Waals surface area contributed by atoms with Gasteiger partial charge in [0, 0.05) is 12.8 Å². The highest BCUT2D eigenvalue weighted by atomic mass is 16.1. The van der Waals surface area contributed by atoms with Crippen LogP contribution in [0, 0.1) is 0 Å². The van der Waals surface area contributed by atoms with Crippen molar-refractivity contribution in [2.24, 2.45) is 5.73 Å².